The summed E-state index contributed by atoms with van der Waals surface area (Å²) in [6, 6.07) is 0. The molecule has 2 aliphatic carbocycles. The van der Waals surface area contributed by atoms with Gasteiger partial charge in [-0.1, -0.05) is 0 Å². The molecule has 3 rings (SSSR count). The van der Waals surface area contributed by atoms with Crippen LogP contribution in [0.5, 0.6) is 0 Å². The Bertz CT molecular complexity index is 743. The standard InChI is InChI=1S/C24H41N3O6/c1-22(2,3)32-20(30)16-26-10-8-25(15-19(28)29)9-11-27(13-12-26)17-21(31)33-23(4,5)18-14-24(18)6-7-24/h18H,6-17H2,1-5H3,(H,28,29). The topological polar surface area (TPSA) is 99.6 Å². The SMILES string of the molecule is CC(C)(C)OC(=O)CN1CCN(CC(=O)O)CCN(CC(=O)OC(C)(C)C2CC23CC3)CC1. The van der Waals surface area contributed by atoms with Gasteiger partial charge in [0.1, 0.15) is 11.2 Å². The number of hydrogen-bond acceptors (Lipinski definition) is 8. The Morgan fingerprint density at radius 2 is 1.21 bits per heavy atom. The summed E-state index contributed by atoms with van der Waals surface area (Å²) >= 11 is 0. The van der Waals surface area contributed by atoms with Crippen LogP contribution in [0.4, 0.5) is 0 Å². The molecule has 1 spiro atoms. The van der Waals surface area contributed by atoms with Gasteiger partial charge in [-0.2, -0.15) is 0 Å². The Balaban J connectivity index is 1.57. The lowest BCUT2D eigenvalue weighted by Gasteiger charge is -2.29. The minimum Gasteiger partial charge on any atom is -0.480 e. The fourth-order valence-corrected chi connectivity index (χ4v) is 5.03. The highest BCUT2D eigenvalue weighted by molar-refractivity contribution is 5.73. The summed E-state index contributed by atoms with van der Waals surface area (Å²) in [7, 11) is 0. The molecule has 9 nitrogen and oxygen atoms in total. The molecule has 0 amide bonds. The number of carboxylic acid groups (broad SMARTS) is 1. The second-order valence-corrected chi connectivity index (χ2v) is 11.5. The highest BCUT2D eigenvalue weighted by Crippen LogP contribution is 2.74. The first kappa shape index (κ1) is 25.9. The quantitative estimate of drug-likeness (QED) is 0.532. The molecule has 0 aromatic heterocycles. The fourth-order valence-electron chi connectivity index (χ4n) is 5.03. The van der Waals surface area contributed by atoms with E-state index in [-0.39, 0.29) is 31.6 Å². The Morgan fingerprint density at radius 3 is 1.58 bits per heavy atom. The van der Waals surface area contributed by atoms with E-state index in [1.807, 2.05) is 49.3 Å². The van der Waals surface area contributed by atoms with Gasteiger partial charge in [0.2, 0.25) is 0 Å². The van der Waals surface area contributed by atoms with Crippen molar-refractivity contribution in [3.05, 3.63) is 0 Å². The van der Waals surface area contributed by atoms with Gasteiger partial charge in [-0.3, -0.25) is 29.1 Å². The molecule has 2 saturated carbocycles. The van der Waals surface area contributed by atoms with Crippen LogP contribution in [0.3, 0.4) is 0 Å². The highest BCUT2D eigenvalue weighted by atomic mass is 16.6. The zero-order valence-corrected chi connectivity index (χ0v) is 20.9. The number of ether oxygens (including phenoxy) is 2. The monoisotopic (exact) mass is 467 g/mol. The predicted octanol–water partition coefficient (Wildman–Crippen LogP) is 1.45. The molecule has 1 N–H and O–H groups in total. The van der Waals surface area contributed by atoms with Crippen molar-refractivity contribution >= 4 is 17.9 Å². The summed E-state index contributed by atoms with van der Waals surface area (Å²) in [5.74, 6) is -0.984. The summed E-state index contributed by atoms with van der Waals surface area (Å²) in [5, 5.41) is 9.26. The van der Waals surface area contributed by atoms with Gasteiger partial charge in [-0.25, -0.2) is 0 Å². The van der Waals surface area contributed by atoms with Crippen LogP contribution in [0.25, 0.3) is 0 Å². The minimum atomic E-state index is -0.890. The third-order valence-corrected chi connectivity index (χ3v) is 6.98. The summed E-state index contributed by atoms with van der Waals surface area (Å²) in [5.41, 5.74) is -0.567. The van der Waals surface area contributed by atoms with E-state index >= 15 is 0 Å². The average Bonchev–Trinajstić information content (AvgIpc) is 3.57. The fraction of sp³-hybridized carbons (Fsp3) is 0.875. The molecular weight excluding hydrogens is 426 g/mol. The van der Waals surface area contributed by atoms with Crippen LogP contribution in [0.2, 0.25) is 0 Å². The number of hydrogen-bond donors (Lipinski definition) is 1. The van der Waals surface area contributed by atoms with Gasteiger partial charge in [-0.15, -0.1) is 0 Å². The second kappa shape index (κ2) is 9.88. The number of rotatable bonds is 8. The molecule has 0 radical (unpaired) electrons. The van der Waals surface area contributed by atoms with Gasteiger partial charge in [0.05, 0.1) is 19.6 Å². The van der Waals surface area contributed by atoms with Crippen molar-refractivity contribution in [2.75, 3.05) is 58.9 Å². The van der Waals surface area contributed by atoms with E-state index in [9.17, 15) is 19.5 Å². The van der Waals surface area contributed by atoms with Crippen molar-refractivity contribution < 1.29 is 29.0 Å². The average molecular weight is 468 g/mol. The van der Waals surface area contributed by atoms with E-state index in [0.717, 1.165) is 6.42 Å². The molecule has 0 aromatic rings. The Hall–Kier alpha value is -1.71. The third kappa shape index (κ3) is 7.93. The molecular formula is C24H41N3O6. The Labute approximate surface area is 197 Å². The molecule has 33 heavy (non-hydrogen) atoms. The molecule has 1 unspecified atom stereocenters. The molecule has 9 heteroatoms. The molecule has 1 heterocycles. The van der Waals surface area contributed by atoms with Crippen LogP contribution in [0, 0.1) is 11.3 Å². The third-order valence-electron chi connectivity index (χ3n) is 6.98. The summed E-state index contributed by atoms with van der Waals surface area (Å²) in [4.78, 5) is 42.3. The van der Waals surface area contributed by atoms with Crippen LogP contribution >= 0.6 is 0 Å². The van der Waals surface area contributed by atoms with Gasteiger partial charge >= 0.3 is 17.9 Å². The molecule has 1 aliphatic heterocycles. The van der Waals surface area contributed by atoms with Crippen molar-refractivity contribution in [2.45, 2.75) is 65.1 Å². The largest absolute Gasteiger partial charge is 0.480 e. The maximum absolute atomic E-state index is 12.8. The van der Waals surface area contributed by atoms with Crippen LogP contribution in [0.1, 0.15) is 53.9 Å². The summed E-state index contributed by atoms with van der Waals surface area (Å²) < 4.78 is 11.4. The Kier molecular flexibility index (Phi) is 7.75. The molecule has 0 aromatic carbocycles. The molecule has 3 aliphatic rings. The van der Waals surface area contributed by atoms with Crippen LogP contribution in [0.15, 0.2) is 0 Å². The first-order valence-corrected chi connectivity index (χ1v) is 12.1. The van der Waals surface area contributed by atoms with E-state index in [0.29, 0.717) is 50.6 Å². The van der Waals surface area contributed by atoms with Gasteiger partial charge < -0.3 is 14.6 Å². The highest BCUT2D eigenvalue weighted by Gasteiger charge is 2.68. The van der Waals surface area contributed by atoms with Crippen molar-refractivity contribution in [1.29, 1.82) is 0 Å². The number of carboxylic acids is 1. The lowest BCUT2D eigenvalue weighted by molar-refractivity contribution is -0.161. The molecule has 1 atom stereocenters. The number of esters is 2. The molecule has 3 fully saturated rings. The number of carbonyl (C=O) groups is 3. The number of aliphatic carboxylic acids is 1. The van der Waals surface area contributed by atoms with Crippen molar-refractivity contribution in [1.82, 2.24) is 14.7 Å². The van der Waals surface area contributed by atoms with Crippen LogP contribution in [-0.2, 0) is 23.9 Å². The van der Waals surface area contributed by atoms with Crippen molar-refractivity contribution in [2.24, 2.45) is 11.3 Å². The smallest absolute Gasteiger partial charge is 0.320 e. The second-order valence-electron chi connectivity index (χ2n) is 11.5. The van der Waals surface area contributed by atoms with Gasteiger partial charge in [-0.05, 0) is 59.3 Å². The van der Waals surface area contributed by atoms with E-state index < -0.39 is 17.2 Å². The van der Waals surface area contributed by atoms with Crippen LogP contribution in [-0.4, -0.2) is 108 Å². The van der Waals surface area contributed by atoms with Gasteiger partial charge in [0.25, 0.3) is 0 Å². The van der Waals surface area contributed by atoms with Crippen molar-refractivity contribution in [3.8, 4) is 0 Å². The van der Waals surface area contributed by atoms with Gasteiger partial charge in [0, 0.05) is 45.2 Å². The van der Waals surface area contributed by atoms with Crippen molar-refractivity contribution in [3.63, 3.8) is 0 Å². The van der Waals surface area contributed by atoms with Gasteiger partial charge in [0.15, 0.2) is 0 Å². The maximum Gasteiger partial charge on any atom is 0.320 e. The molecule has 1 saturated heterocycles. The molecule has 0 bridgehead atoms. The number of carbonyl (C=O) groups excluding carboxylic acids is 2. The maximum atomic E-state index is 12.8. The predicted molar refractivity (Wildman–Crippen MR) is 123 cm³/mol. The Morgan fingerprint density at radius 1 is 0.788 bits per heavy atom. The summed E-state index contributed by atoms with van der Waals surface area (Å²) in [6.45, 7) is 13.1. The lowest BCUT2D eigenvalue weighted by atomic mass is 10.0. The first-order valence-electron chi connectivity index (χ1n) is 12.1. The number of nitrogens with zero attached hydrogens (tertiary/aromatic N) is 3. The lowest BCUT2D eigenvalue weighted by Crippen LogP contribution is -2.43. The van der Waals surface area contributed by atoms with E-state index in [1.165, 1.54) is 12.8 Å². The van der Waals surface area contributed by atoms with E-state index in [4.69, 9.17) is 9.47 Å². The summed E-state index contributed by atoms with van der Waals surface area (Å²) in [6.07, 6.45) is 3.65. The van der Waals surface area contributed by atoms with E-state index in [1.54, 1.807) is 0 Å². The molecule has 188 valence electrons. The normalized spacial score (nSPS) is 24.5. The minimum absolute atomic E-state index is 0.0740. The zero-order valence-electron chi connectivity index (χ0n) is 20.9. The van der Waals surface area contributed by atoms with E-state index in [2.05, 4.69) is 0 Å². The van der Waals surface area contributed by atoms with Crippen LogP contribution < -0.4 is 0 Å². The zero-order chi connectivity index (χ0) is 24.4. The first-order chi connectivity index (χ1) is 15.3.